The Balaban J connectivity index is 1.88. The molecule has 1 heterocycles. The number of benzene rings is 1. The van der Waals surface area contributed by atoms with E-state index in [9.17, 15) is 14.4 Å². The molecule has 168 valence electrons. The van der Waals surface area contributed by atoms with Gasteiger partial charge in [-0.3, -0.25) is 4.79 Å². The fraction of sp³-hybridized carbons (Fsp3) is 0.500. The molecule has 1 aromatic carbocycles. The molecule has 2 N–H and O–H groups in total. The molecule has 0 bridgehead atoms. The van der Waals surface area contributed by atoms with Gasteiger partial charge >= 0.3 is 12.2 Å². The van der Waals surface area contributed by atoms with Crippen LogP contribution < -0.4 is 15.5 Å². The highest BCUT2D eigenvalue weighted by molar-refractivity contribution is 5.94. The number of carbonyl (C=O) groups is 3. The molecule has 1 aromatic rings. The Kier molecular flexibility index (Phi) is 6.42. The number of hydrazine groups is 1. The van der Waals surface area contributed by atoms with Gasteiger partial charge in [-0.05, 0) is 38.1 Å². The number of carbonyl (C=O) groups excluding carboxylic acids is 3. The summed E-state index contributed by atoms with van der Waals surface area (Å²) < 4.78 is 16.1. The van der Waals surface area contributed by atoms with Gasteiger partial charge in [0.05, 0.1) is 25.2 Å². The smallest absolute Gasteiger partial charge is 0.429 e. The molecule has 3 amide bonds. The quantitative estimate of drug-likeness (QED) is 0.558. The van der Waals surface area contributed by atoms with Gasteiger partial charge in [-0.1, -0.05) is 26.8 Å². The Morgan fingerprint density at radius 1 is 1.10 bits per heavy atom. The summed E-state index contributed by atoms with van der Waals surface area (Å²) in [4.78, 5) is 37.0. The second-order valence-electron chi connectivity index (χ2n) is 8.34. The van der Waals surface area contributed by atoms with Crippen LogP contribution in [0.1, 0.15) is 46.1 Å². The van der Waals surface area contributed by atoms with Crippen molar-refractivity contribution in [3.05, 3.63) is 35.9 Å². The number of amides is 3. The van der Waals surface area contributed by atoms with Crippen LogP contribution in [0, 0.1) is 5.41 Å². The first-order valence-corrected chi connectivity index (χ1v) is 10.4. The molecule has 31 heavy (non-hydrogen) atoms. The van der Waals surface area contributed by atoms with E-state index in [-0.39, 0.29) is 31.1 Å². The van der Waals surface area contributed by atoms with Crippen molar-refractivity contribution in [2.75, 3.05) is 18.5 Å². The number of anilines is 1. The van der Waals surface area contributed by atoms with E-state index in [0.29, 0.717) is 11.4 Å². The minimum atomic E-state index is -0.752. The SMILES string of the molecule is CCOC(=O)NN(C(=O)OCC)[C@@H]1C=C[C@H]2Oc3ccc(NC(=O)C(C)(C)C)cc3[C@@H]12. The first-order chi connectivity index (χ1) is 14.7. The molecule has 9 heteroatoms. The average Bonchev–Trinajstić information content (AvgIpc) is 3.25. The van der Waals surface area contributed by atoms with E-state index < -0.39 is 23.6 Å². The molecule has 0 radical (unpaired) electrons. The van der Waals surface area contributed by atoms with Crippen LogP contribution in [0.3, 0.4) is 0 Å². The summed E-state index contributed by atoms with van der Waals surface area (Å²) in [6.45, 7) is 9.19. The number of hydrogen-bond acceptors (Lipinski definition) is 6. The Morgan fingerprint density at radius 3 is 2.45 bits per heavy atom. The third-order valence-electron chi connectivity index (χ3n) is 5.04. The molecule has 1 aliphatic heterocycles. The summed E-state index contributed by atoms with van der Waals surface area (Å²) in [5, 5.41) is 4.04. The second kappa shape index (κ2) is 8.87. The number of rotatable bonds is 4. The predicted octanol–water partition coefficient (Wildman–Crippen LogP) is 3.57. The predicted molar refractivity (Wildman–Crippen MR) is 114 cm³/mol. The van der Waals surface area contributed by atoms with Crippen molar-refractivity contribution in [2.24, 2.45) is 5.41 Å². The highest BCUT2D eigenvalue weighted by Gasteiger charge is 2.46. The first-order valence-electron chi connectivity index (χ1n) is 10.4. The lowest BCUT2D eigenvalue weighted by atomic mass is 9.92. The van der Waals surface area contributed by atoms with Crippen LogP contribution in [0.5, 0.6) is 5.75 Å². The molecule has 0 fully saturated rings. The van der Waals surface area contributed by atoms with E-state index in [0.717, 1.165) is 10.6 Å². The number of fused-ring (bicyclic) bond motifs is 3. The average molecular weight is 431 g/mol. The summed E-state index contributed by atoms with van der Waals surface area (Å²) >= 11 is 0. The molecule has 0 saturated heterocycles. The minimum Gasteiger partial charge on any atom is -0.485 e. The van der Waals surface area contributed by atoms with Gasteiger partial charge < -0.3 is 19.5 Å². The van der Waals surface area contributed by atoms with Crippen molar-refractivity contribution in [3.63, 3.8) is 0 Å². The highest BCUT2D eigenvalue weighted by atomic mass is 16.6. The lowest BCUT2D eigenvalue weighted by Crippen LogP contribution is -2.53. The van der Waals surface area contributed by atoms with Gasteiger partial charge in [-0.25, -0.2) is 20.0 Å². The molecule has 9 nitrogen and oxygen atoms in total. The number of nitrogens with one attached hydrogen (secondary N) is 2. The van der Waals surface area contributed by atoms with Gasteiger partial charge in [0.15, 0.2) is 0 Å². The summed E-state index contributed by atoms with van der Waals surface area (Å²) in [7, 11) is 0. The number of hydrogen-bond donors (Lipinski definition) is 2. The largest absolute Gasteiger partial charge is 0.485 e. The molecule has 0 saturated carbocycles. The molecule has 3 atom stereocenters. The van der Waals surface area contributed by atoms with Gasteiger partial charge in [-0.15, -0.1) is 0 Å². The normalized spacial score (nSPS) is 20.9. The van der Waals surface area contributed by atoms with Crippen LogP contribution in [0.2, 0.25) is 0 Å². The first kappa shape index (κ1) is 22.5. The second-order valence-corrected chi connectivity index (χ2v) is 8.34. The van der Waals surface area contributed by atoms with E-state index >= 15 is 0 Å². The van der Waals surface area contributed by atoms with Crippen LogP contribution in [-0.4, -0.2) is 48.5 Å². The maximum absolute atomic E-state index is 12.6. The zero-order valence-electron chi connectivity index (χ0n) is 18.4. The molecule has 2 aliphatic rings. The number of ether oxygens (including phenoxy) is 3. The third kappa shape index (κ3) is 4.76. The van der Waals surface area contributed by atoms with E-state index in [1.54, 1.807) is 32.1 Å². The Labute approximate surface area is 181 Å². The van der Waals surface area contributed by atoms with E-state index in [2.05, 4.69) is 10.7 Å². The lowest BCUT2D eigenvalue weighted by Gasteiger charge is -2.30. The molecule has 1 aliphatic carbocycles. The standard InChI is InChI=1S/C22H29N3O6/c1-6-29-20(27)24-25(21(28)30-7-2)15-9-11-17-18(15)14-12-13(8-10-16(14)31-17)23-19(26)22(3,4)5/h8-12,15,17-18H,6-7H2,1-5H3,(H,23,26)(H,24,27)/t15-,17-,18+/m1/s1. The van der Waals surface area contributed by atoms with Crippen molar-refractivity contribution in [1.82, 2.24) is 10.4 Å². The molecule has 0 unspecified atom stereocenters. The van der Waals surface area contributed by atoms with Crippen LogP contribution in [0.25, 0.3) is 0 Å². The zero-order valence-corrected chi connectivity index (χ0v) is 18.4. The van der Waals surface area contributed by atoms with Crippen molar-refractivity contribution >= 4 is 23.8 Å². The van der Waals surface area contributed by atoms with Gasteiger partial charge in [0.25, 0.3) is 0 Å². The number of nitrogens with zero attached hydrogens (tertiary/aromatic N) is 1. The van der Waals surface area contributed by atoms with Gasteiger partial charge in [0, 0.05) is 16.7 Å². The van der Waals surface area contributed by atoms with Crippen molar-refractivity contribution in [3.8, 4) is 5.75 Å². The summed E-state index contributed by atoms with van der Waals surface area (Å²) in [5.41, 5.74) is 3.39. The van der Waals surface area contributed by atoms with E-state index in [1.807, 2.05) is 32.9 Å². The van der Waals surface area contributed by atoms with E-state index in [4.69, 9.17) is 14.2 Å². The molecular weight excluding hydrogens is 402 g/mol. The minimum absolute atomic E-state index is 0.110. The van der Waals surface area contributed by atoms with Gasteiger partial charge in [0.2, 0.25) is 5.91 Å². The van der Waals surface area contributed by atoms with Crippen LogP contribution in [-0.2, 0) is 14.3 Å². The van der Waals surface area contributed by atoms with Crippen LogP contribution in [0.15, 0.2) is 30.4 Å². The van der Waals surface area contributed by atoms with Crippen LogP contribution >= 0.6 is 0 Å². The third-order valence-corrected chi connectivity index (χ3v) is 5.04. The van der Waals surface area contributed by atoms with Crippen LogP contribution in [0.4, 0.5) is 15.3 Å². The fourth-order valence-electron chi connectivity index (χ4n) is 3.53. The zero-order chi connectivity index (χ0) is 22.8. The molecule has 0 aromatic heterocycles. The van der Waals surface area contributed by atoms with Crippen molar-refractivity contribution in [1.29, 1.82) is 0 Å². The Hall–Kier alpha value is -3.23. The summed E-state index contributed by atoms with van der Waals surface area (Å²) in [6, 6.07) is 4.87. The summed E-state index contributed by atoms with van der Waals surface area (Å²) in [6.07, 6.45) is 1.88. The molecule has 3 rings (SSSR count). The fourth-order valence-corrected chi connectivity index (χ4v) is 3.53. The molecule has 0 spiro atoms. The van der Waals surface area contributed by atoms with Crippen molar-refractivity contribution in [2.45, 2.75) is 52.7 Å². The highest BCUT2D eigenvalue weighted by Crippen LogP contribution is 2.46. The van der Waals surface area contributed by atoms with Crippen molar-refractivity contribution < 1.29 is 28.6 Å². The van der Waals surface area contributed by atoms with E-state index in [1.165, 1.54) is 0 Å². The van der Waals surface area contributed by atoms with Gasteiger partial charge in [-0.2, -0.15) is 0 Å². The lowest BCUT2D eigenvalue weighted by molar-refractivity contribution is -0.123. The molecular formula is C22H29N3O6. The Morgan fingerprint density at radius 2 is 1.81 bits per heavy atom. The Bertz CT molecular complexity index is 892. The maximum atomic E-state index is 12.6. The topological polar surface area (TPSA) is 106 Å². The maximum Gasteiger partial charge on any atom is 0.429 e. The van der Waals surface area contributed by atoms with Gasteiger partial charge in [0.1, 0.15) is 11.9 Å². The summed E-state index contributed by atoms with van der Waals surface area (Å²) in [5.74, 6) is 0.270. The monoisotopic (exact) mass is 431 g/mol.